The van der Waals surface area contributed by atoms with E-state index in [0.717, 1.165) is 0 Å². The molecule has 0 radical (unpaired) electrons. The quantitative estimate of drug-likeness (QED) is 0.770. The van der Waals surface area contributed by atoms with Crippen molar-refractivity contribution in [1.82, 2.24) is 15.0 Å². The molecule has 2 aromatic rings. The summed E-state index contributed by atoms with van der Waals surface area (Å²) in [5.74, 6) is -1.39. The van der Waals surface area contributed by atoms with Crippen LogP contribution in [0, 0.1) is 5.95 Å². The van der Waals surface area contributed by atoms with Gasteiger partial charge in [-0.2, -0.15) is 4.39 Å². The number of pyridine rings is 1. The Morgan fingerprint density at radius 3 is 2.75 bits per heavy atom. The van der Waals surface area contributed by atoms with Crippen LogP contribution in [-0.2, 0) is 0 Å². The third kappa shape index (κ3) is 2.17. The second kappa shape index (κ2) is 4.43. The standard InChI is InChI=1S/C10H7FN4O/c11-9-8(2-1-3-14-9)10(16)15-7-4-12-6-13-5-7/h1-6H,(H,15,16). The van der Waals surface area contributed by atoms with Gasteiger partial charge >= 0.3 is 0 Å². The molecule has 0 saturated heterocycles. The molecule has 1 N–H and O–H groups in total. The third-order valence-corrected chi connectivity index (χ3v) is 1.82. The maximum absolute atomic E-state index is 13.1. The van der Waals surface area contributed by atoms with Gasteiger partial charge < -0.3 is 5.32 Å². The smallest absolute Gasteiger partial charge is 0.260 e. The van der Waals surface area contributed by atoms with Crippen molar-refractivity contribution in [1.29, 1.82) is 0 Å². The van der Waals surface area contributed by atoms with E-state index in [2.05, 4.69) is 20.3 Å². The van der Waals surface area contributed by atoms with Crippen molar-refractivity contribution in [2.75, 3.05) is 5.32 Å². The van der Waals surface area contributed by atoms with Gasteiger partial charge in [-0.15, -0.1) is 0 Å². The zero-order valence-corrected chi connectivity index (χ0v) is 8.09. The highest BCUT2D eigenvalue weighted by Crippen LogP contribution is 2.07. The van der Waals surface area contributed by atoms with Gasteiger partial charge in [0.1, 0.15) is 6.33 Å². The van der Waals surface area contributed by atoms with Gasteiger partial charge in [-0.05, 0) is 12.1 Å². The van der Waals surface area contributed by atoms with E-state index >= 15 is 0 Å². The normalized spacial score (nSPS) is 9.81. The Bertz CT molecular complexity index is 503. The van der Waals surface area contributed by atoms with Crippen molar-refractivity contribution in [2.24, 2.45) is 0 Å². The third-order valence-electron chi connectivity index (χ3n) is 1.82. The lowest BCUT2D eigenvalue weighted by Gasteiger charge is -2.03. The molecule has 5 nitrogen and oxygen atoms in total. The first-order valence-electron chi connectivity index (χ1n) is 4.44. The predicted molar refractivity (Wildman–Crippen MR) is 54.2 cm³/mol. The van der Waals surface area contributed by atoms with Gasteiger partial charge in [0.05, 0.1) is 23.6 Å². The second-order valence-corrected chi connectivity index (χ2v) is 2.92. The molecule has 2 aromatic heterocycles. The summed E-state index contributed by atoms with van der Waals surface area (Å²) < 4.78 is 13.1. The number of anilines is 1. The van der Waals surface area contributed by atoms with Gasteiger partial charge in [-0.3, -0.25) is 4.79 Å². The number of rotatable bonds is 2. The van der Waals surface area contributed by atoms with Crippen molar-refractivity contribution in [3.63, 3.8) is 0 Å². The topological polar surface area (TPSA) is 67.8 Å². The molecule has 2 heterocycles. The minimum Gasteiger partial charge on any atom is -0.319 e. The highest BCUT2D eigenvalue weighted by Gasteiger charge is 2.11. The molecule has 0 fully saturated rings. The van der Waals surface area contributed by atoms with E-state index in [9.17, 15) is 9.18 Å². The molecule has 0 aliphatic carbocycles. The fraction of sp³-hybridized carbons (Fsp3) is 0. The van der Waals surface area contributed by atoms with Crippen molar-refractivity contribution in [3.05, 3.63) is 48.6 Å². The SMILES string of the molecule is O=C(Nc1cncnc1)c1cccnc1F. The summed E-state index contributed by atoms with van der Waals surface area (Å²) in [5.41, 5.74) is 0.280. The van der Waals surface area contributed by atoms with Crippen LogP contribution < -0.4 is 5.32 Å². The van der Waals surface area contributed by atoms with Crippen molar-refractivity contribution in [2.45, 2.75) is 0 Å². The van der Waals surface area contributed by atoms with Crippen LogP contribution in [0.5, 0.6) is 0 Å². The summed E-state index contributed by atoms with van der Waals surface area (Å²) >= 11 is 0. The molecule has 0 saturated carbocycles. The highest BCUT2D eigenvalue weighted by molar-refractivity contribution is 6.04. The largest absolute Gasteiger partial charge is 0.319 e. The van der Waals surface area contributed by atoms with Crippen LogP contribution in [0.15, 0.2) is 37.1 Å². The molecule has 16 heavy (non-hydrogen) atoms. The molecular formula is C10H7FN4O. The van der Waals surface area contributed by atoms with Crippen LogP contribution >= 0.6 is 0 Å². The van der Waals surface area contributed by atoms with E-state index in [0.29, 0.717) is 5.69 Å². The lowest BCUT2D eigenvalue weighted by atomic mass is 10.2. The maximum Gasteiger partial charge on any atom is 0.260 e. The van der Waals surface area contributed by atoms with Crippen molar-refractivity contribution < 1.29 is 9.18 Å². The molecular weight excluding hydrogens is 211 g/mol. The number of nitrogens with zero attached hydrogens (tertiary/aromatic N) is 3. The fourth-order valence-corrected chi connectivity index (χ4v) is 1.12. The Balaban J connectivity index is 2.19. The summed E-state index contributed by atoms with van der Waals surface area (Å²) in [7, 11) is 0. The lowest BCUT2D eigenvalue weighted by Crippen LogP contribution is -2.14. The second-order valence-electron chi connectivity index (χ2n) is 2.92. The summed E-state index contributed by atoms with van der Waals surface area (Å²) in [6.45, 7) is 0. The average molecular weight is 218 g/mol. The number of hydrogen-bond acceptors (Lipinski definition) is 4. The molecule has 0 aliphatic heterocycles. The number of halogens is 1. The van der Waals surface area contributed by atoms with Gasteiger partial charge in [0.15, 0.2) is 0 Å². The minimum absolute atomic E-state index is 0.119. The first kappa shape index (κ1) is 10.2. The van der Waals surface area contributed by atoms with Crippen LogP contribution in [0.1, 0.15) is 10.4 Å². The summed E-state index contributed by atoms with van der Waals surface area (Å²) in [6, 6.07) is 2.83. The van der Waals surface area contributed by atoms with E-state index in [1.54, 1.807) is 0 Å². The van der Waals surface area contributed by atoms with E-state index in [-0.39, 0.29) is 5.56 Å². The molecule has 80 valence electrons. The first-order valence-corrected chi connectivity index (χ1v) is 4.44. The molecule has 0 spiro atoms. The molecule has 0 aliphatic rings. The number of carbonyl (C=O) groups excluding carboxylic acids is 1. The molecule has 0 unspecified atom stereocenters. The molecule has 0 bridgehead atoms. The molecule has 6 heteroatoms. The Hall–Kier alpha value is -2.37. The highest BCUT2D eigenvalue weighted by atomic mass is 19.1. The lowest BCUT2D eigenvalue weighted by molar-refractivity contribution is 0.102. The van der Waals surface area contributed by atoms with Crippen LogP contribution in [0.4, 0.5) is 10.1 Å². The fourth-order valence-electron chi connectivity index (χ4n) is 1.12. The Morgan fingerprint density at radius 1 is 1.31 bits per heavy atom. The summed E-state index contributed by atoms with van der Waals surface area (Å²) in [5, 5.41) is 2.46. The predicted octanol–water partition coefficient (Wildman–Crippen LogP) is 1.26. The number of aromatic nitrogens is 3. The van der Waals surface area contributed by atoms with E-state index in [1.807, 2.05) is 0 Å². The van der Waals surface area contributed by atoms with Crippen molar-refractivity contribution >= 4 is 11.6 Å². The van der Waals surface area contributed by atoms with Gasteiger partial charge in [-0.25, -0.2) is 15.0 Å². The Morgan fingerprint density at radius 2 is 2.06 bits per heavy atom. The van der Waals surface area contributed by atoms with Crippen LogP contribution in [-0.4, -0.2) is 20.9 Å². The summed E-state index contributed by atoms with van der Waals surface area (Å²) in [6.07, 6.45) is 5.44. The van der Waals surface area contributed by atoms with Gasteiger partial charge in [0.2, 0.25) is 5.95 Å². The first-order chi connectivity index (χ1) is 7.77. The maximum atomic E-state index is 13.1. The molecule has 2 rings (SSSR count). The zero-order valence-electron chi connectivity index (χ0n) is 8.09. The van der Waals surface area contributed by atoms with Crippen molar-refractivity contribution in [3.8, 4) is 0 Å². The number of nitrogens with one attached hydrogen (secondary N) is 1. The molecule has 0 aromatic carbocycles. The Labute approximate surface area is 90.4 Å². The average Bonchev–Trinajstić information content (AvgIpc) is 2.31. The molecule has 1 amide bonds. The van der Waals surface area contributed by atoms with E-state index in [4.69, 9.17) is 0 Å². The van der Waals surface area contributed by atoms with Crippen LogP contribution in [0.25, 0.3) is 0 Å². The number of carbonyl (C=O) groups is 1. The minimum atomic E-state index is -0.808. The van der Waals surface area contributed by atoms with E-state index in [1.165, 1.54) is 37.1 Å². The van der Waals surface area contributed by atoms with E-state index < -0.39 is 11.9 Å². The number of amides is 1. The van der Waals surface area contributed by atoms with Gasteiger partial charge in [0, 0.05) is 6.20 Å². The number of hydrogen-bond donors (Lipinski definition) is 1. The Kier molecular flexibility index (Phi) is 2.81. The van der Waals surface area contributed by atoms with Gasteiger partial charge in [0.25, 0.3) is 5.91 Å². The molecule has 0 atom stereocenters. The zero-order chi connectivity index (χ0) is 11.4. The monoisotopic (exact) mass is 218 g/mol. The summed E-state index contributed by atoms with van der Waals surface area (Å²) in [4.78, 5) is 22.4. The van der Waals surface area contributed by atoms with Crippen LogP contribution in [0.2, 0.25) is 0 Å². The van der Waals surface area contributed by atoms with Crippen LogP contribution in [0.3, 0.4) is 0 Å². The van der Waals surface area contributed by atoms with Gasteiger partial charge in [-0.1, -0.05) is 0 Å².